The smallest absolute Gasteiger partial charge is 0.232 e. The summed E-state index contributed by atoms with van der Waals surface area (Å²) >= 11 is 7.27. The molecule has 0 saturated carbocycles. The van der Waals surface area contributed by atoms with Crippen LogP contribution < -0.4 is 10.5 Å². The van der Waals surface area contributed by atoms with E-state index in [9.17, 15) is 9.59 Å². The summed E-state index contributed by atoms with van der Waals surface area (Å²) in [6, 6.07) is 7.54. The Kier molecular flexibility index (Phi) is 8.69. The van der Waals surface area contributed by atoms with Crippen LogP contribution in [-0.4, -0.2) is 58.6 Å². The number of carbonyl (C=O) groups is 2. The monoisotopic (exact) mass is 476 g/mol. The number of hydrogen-bond acceptors (Lipinski definition) is 8. The summed E-state index contributed by atoms with van der Waals surface area (Å²) < 4.78 is 7.95. The zero-order chi connectivity index (χ0) is 18.9. The van der Waals surface area contributed by atoms with Gasteiger partial charge < -0.3 is 15.4 Å². The van der Waals surface area contributed by atoms with Crippen LogP contribution in [0.2, 0.25) is 0 Å². The van der Waals surface area contributed by atoms with E-state index in [2.05, 4.69) is 26.1 Å². The Morgan fingerprint density at radius 1 is 1.19 bits per heavy atom. The number of thioether (sulfide) groups is 2. The zero-order valence-corrected chi connectivity index (χ0v) is 17.9. The van der Waals surface area contributed by atoms with Crippen molar-refractivity contribution in [2.24, 2.45) is 5.73 Å². The van der Waals surface area contributed by atoms with E-state index in [4.69, 9.17) is 10.5 Å². The van der Waals surface area contributed by atoms with Gasteiger partial charge in [-0.25, -0.2) is 0 Å². The van der Waals surface area contributed by atoms with E-state index >= 15 is 0 Å². The Hall–Kier alpha value is -1.30. The molecule has 140 valence electrons. The largest absolute Gasteiger partial charge is 0.492 e. The average molecular weight is 477 g/mol. The quantitative estimate of drug-likeness (QED) is 0.525. The first-order chi connectivity index (χ1) is 12.4. The Labute approximate surface area is 172 Å². The summed E-state index contributed by atoms with van der Waals surface area (Å²) in [6.45, 7) is 0.909. The van der Waals surface area contributed by atoms with Gasteiger partial charge in [-0.2, -0.15) is 0 Å². The van der Waals surface area contributed by atoms with Crippen molar-refractivity contribution in [3.8, 4) is 5.75 Å². The van der Waals surface area contributed by atoms with Gasteiger partial charge in [0, 0.05) is 11.5 Å². The first-order valence-electron chi connectivity index (χ1n) is 7.44. The number of aromatic nitrogens is 2. The summed E-state index contributed by atoms with van der Waals surface area (Å²) in [4.78, 5) is 24.5. The second-order valence-electron chi connectivity index (χ2n) is 5.00. The molecule has 2 aromatic rings. The molecule has 1 heterocycles. The van der Waals surface area contributed by atoms with Crippen LogP contribution in [0.1, 0.15) is 0 Å². The molecule has 0 aliphatic carbocycles. The molecule has 0 fully saturated rings. The fraction of sp³-hybridized carbons (Fsp3) is 0.333. The maximum Gasteiger partial charge on any atom is 0.232 e. The normalized spacial score (nSPS) is 10.5. The molecule has 0 spiro atoms. The molecular weight excluding hydrogens is 460 g/mol. The van der Waals surface area contributed by atoms with Gasteiger partial charge in [0.25, 0.3) is 0 Å². The van der Waals surface area contributed by atoms with Crippen molar-refractivity contribution < 1.29 is 14.3 Å². The lowest BCUT2D eigenvalue weighted by Crippen LogP contribution is -2.32. The highest BCUT2D eigenvalue weighted by molar-refractivity contribution is 9.10. The average Bonchev–Trinajstić information content (AvgIpc) is 3.07. The van der Waals surface area contributed by atoms with Crippen molar-refractivity contribution >= 4 is 62.6 Å². The van der Waals surface area contributed by atoms with Crippen LogP contribution >= 0.6 is 50.8 Å². The highest BCUT2D eigenvalue weighted by atomic mass is 79.9. The van der Waals surface area contributed by atoms with Gasteiger partial charge in [-0.1, -0.05) is 50.8 Å². The number of carbonyl (C=O) groups excluding carboxylic acids is 2. The third-order valence-corrected chi connectivity index (χ3v) is 6.71. The lowest BCUT2D eigenvalue weighted by molar-refractivity contribution is -0.127. The topological polar surface area (TPSA) is 98.4 Å². The van der Waals surface area contributed by atoms with Crippen molar-refractivity contribution in [2.45, 2.75) is 8.68 Å². The van der Waals surface area contributed by atoms with Crippen molar-refractivity contribution in [2.75, 3.05) is 31.7 Å². The number of primary amides is 1. The molecule has 0 aliphatic rings. The maximum absolute atomic E-state index is 12.2. The Morgan fingerprint density at radius 3 is 2.42 bits per heavy atom. The van der Waals surface area contributed by atoms with Gasteiger partial charge in [0.2, 0.25) is 11.8 Å². The van der Waals surface area contributed by atoms with E-state index in [0.717, 1.165) is 10.2 Å². The standard InChI is InChI=1S/C15H17BrN4O3S3/c1-20(6-7-23-11-4-2-10(16)3-5-11)13(22)9-25-15-19-18-14(26-15)24-8-12(17)21/h2-5H,6-9H2,1H3,(H2,17,21). The van der Waals surface area contributed by atoms with Crippen LogP contribution in [0.5, 0.6) is 5.75 Å². The van der Waals surface area contributed by atoms with Crippen LogP contribution in [0.15, 0.2) is 37.4 Å². The minimum absolute atomic E-state index is 0.0176. The Bertz CT molecular complexity index is 742. The van der Waals surface area contributed by atoms with Crippen LogP contribution in [0.4, 0.5) is 0 Å². The third-order valence-electron chi connectivity index (χ3n) is 2.98. The first kappa shape index (κ1) is 21.0. The molecule has 26 heavy (non-hydrogen) atoms. The molecule has 1 aromatic carbocycles. The molecule has 0 bridgehead atoms. The fourth-order valence-electron chi connectivity index (χ4n) is 1.64. The van der Waals surface area contributed by atoms with Crippen molar-refractivity contribution in [1.29, 1.82) is 0 Å². The second-order valence-corrected chi connectivity index (χ2v) is 9.33. The molecule has 1 aromatic heterocycles. The van der Waals surface area contributed by atoms with E-state index in [1.165, 1.54) is 34.9 Å². The van der Waals surface area contributed by atoms with Gasteiger partial charge in [-0.05, 0) is 24.3 Å². The number of nitrogens with zero attached hydrogens (tertiary/aromatic N) is 3. The highest BCUT2D eigenvalue weighted by Crippen LogP contribution is 2.28. The molecular formula is C15H17BrN4O3S3. The lowest BCUT2D eigenvalue weighted by Gasteiger charge is -2.17. The molecule has 0 unspecified atom stereocenters. The minimum Gasteiger partial charge on any atom is -0.492 e. The summed E-state index contributed by atoms with van der Waals surface area (Å²) in [7, 11) is 1.74. The number of halogens is 1. The zero-order valence-electron chi connectivity index (χ0n) is 13.9. The Balaban J connectivity index is 1.68. The van der Waals surface area contributed by atoms with Gasteiger partial charge in [-0.15, -0.1) is 10.2 Å². The SMILES string of the molecule is CN(CCOc1ccc(Br)cc1)C(=O)CSc1nnc(SCC(N)=O)s1. The number of rotatable bonds is 10. The van der Waals surface area contributed by atoms with Crippen LogP contribution in [0.25, 0.3) is 0 Å². The maximum atomic E-state index is 12.2. The van der Waals surface area contributed by atoms with Crippen LogP contribution in [-0.2, 0) is 9.59 Å². The predicted octanol–water partition coefficient (Wildman–Crippen LogP) is 2.51. The van der Waals surface area contributed by atoms with Crippen LogP contribution in [0, 0.1) is 0 Å². The molecule has 0 atom stereocenters. The number of amides is 2. The highest BCUT2D eigenvalue weighted by Gasteiger charge is 2.12. The van der Waals surface area contributed by atoms with Crippen molar-refractivity contribution in [1.82, 2.24) is 15.1 Å². The van der Waals surface area contributed by atoms with Gasteiger partial charge in [0.1, 0.15) is 12.4 Å². The Morgan fingerprint density at radius 2 is 1.81 bits per heavy atom. The molecule has 7 nitrogen and oxygen atoms in total. The van der Waals surface area contributed by atoms with Gasteiger partial charge >= 0.3 is 0 Å². The molecule has 2 amide bonds. The van der Waals surface area contributed by atoms with Crippen molar-refractivity contribution in [3.05, 3.63) is 28.7 Å². The number of likely N-dealkylation sites (N-methyl/N-ethyl adjacent to an activating group) is 1. The predicted molar refractivity (Wildman–Crippen MR) is 108 cm³/mol. The second kappa shape index (κ2) is 10.8. The number of ether oxygens (including phenoxy) is 1. The summed E-state index contributed by atoms with van der Waals surface area (Å²) in [5.41, 5.74) is 5.09. The van der Waals surface area contributed by atoms with E-state index in [-0.39, 0.29) is 17.4 Å². The van der Waals surface area contributed by atoms with Crippen molar-refractivity contribution in [3.63, 3.8) is 0 Å². The lowest BCUT2D eigenvalue weighted by atomic mass is 10.3. The molecule has 2 N–H and O–H groups in total. The molecule has 2 rings (SSSR count). The number of nitrogens with two attached hydrogens (primary N) is 1. The van der Waals surface area contributed by atoms with E-state index in [1.54, 1.807) is 11.9 Å². The fourth-order valence-corrected chi connectivity index (χ4v) is 4.60. The van der Waals surface area contributed by atoms with Gasteiger partial charge in [0.15, 0.2) is 8.68 Å². The summed E-state index contributed by atoms with van der Waals surface area (Å²) in [5.74, 6) is 0.777. The van der Waals surface area contributed by atoms with Crippen LogP contribution in [0.3, 0.4) is 0 Å². The third kappa shape index (κ3) is 7.52. The molecule has 11 heteroatoms. The van der Waals surface area contributed by atoms with E-state index < -0.39 is 5.91 Å². The number of hydrogen-bond donors (Lipinski definition) is 1. The molecule has 0 radical (unpaired) electrons. The molecule has 0 aliphatic heterocycles. The number of benzene rings is 1. The van der Waals surface area contributed by atoms with Gasteiger partial charge in [-0.3, -0.25) is 9.59 Å². The van der Waals surface area contributed by atoms with E-state index in [0.29, 0.717) is 21.8 Å². The van der Waals surface area contributed by atoms with E-state index in [1.807, 2.05) is 24.3 Å². The summed E-state index contributed by atoms with van der Waals surface area (Å²) in [5, 5.41) is 7.95. The first-order valence-corrected chi connectivity index (χ1v) is 11.0. The minimum atomic E-state index is -0.401. The molecule has 0 saturated heterocycles. The summed E-state index contributed by atoms with van der Waals surface area (Å²) in [6.07, 6.45) is 0. The van der Waals surface area contributed by atoms with Gasteiger partial charge in [0.05, 0.1) is 18.1 Å².